The van der Waals surface area contributed by atoms with Crippen molar-refractivity contribution in [3.63, 3.8) is 0 Å². The van der Waals surface area contributed by atoms with Gasteiger partial charge < -0.3 is 33.8 Å². The monoisotopic (exact) mass is 1260 g/mol. The van der Waals surface area contributed by atoms with Gasteiger partial charge in [-0.15, -0.1) is 0 Å². The highest BCUT2D eigenvalue weighted by Gasteiger charge is 2.30. The molecule has 5 atom stereocenters. The molecule has 0 bridgehead atoms. The van der Waals surface area contributed by atoms with Crippen LogP contribution in [-0.2, 0) is 65.4 Å². The van der Waals surface area contributed by atoms with Gasteiger partial charge in [0.05, 0.1) is 26.4 Å². The Kier molecular flexibility index (Phi) is 58.4. The molecule has 0 aromatic heterocycles. The molecule has 2 unspecified atom stereocenters. The lowest BCUT2D eigenvalue weighted by molar-refractivity contribution is -0.161. The molecule has 0 saturated carbocycles. The molecular weight excluding hydrogens is 1140 g/mol. The Labute approximate surface area is 522 Å². The van der Waals surface area contributed by atoms with Gasteiger partial charge in [0.25, 0.3) is 0 Å². The first-order valence-corrected chi connectivity index (χ1v) is 37.4. The molecule has 506 valence electrons. The average Bonchev–Trinajstić information content (AvgIpc) is 3.62. The number of phosphoric ester groups is 2. The number of rotatable bonds is 65. The maximum Gasteiger partial charge on any atom is 0.472 e. The molecule has 0 heterocycles. The largest absolute Gasteiger partial charge is 0.472 e. The van der Waals surface area contributed by atoms with E-state index in [-0.39, 0.29) is 25.7 Å². The molecule has 0 rings (SSSR count). The number of hydrogen-bond donors (Lipinski definition) is 3. The van der Waals surface area contributed by atoms with Gasteiger partial charge in [-0.1, -0.05) is 264 Å². The Morgan fingerprint density at radius 1 is 0.360 bits per heavy atom. The van der Waals surface area contributed by atoms with Crippen molar-refractivity contribution in [1.82, 2.24) is 0 Å². The second-order valence-electron chi connectivity index (χ2n) is 24.0. The number of carbonyl (C=O) groups is 4. The summed E-state index contributed by atoms with van der Waals surface area (Å²) in [6.45, 7) is 7.04. The highest BCUT2D eigenvalue weighted by molar-refractivity contribution is 7.47. The minimum absolute atomic E-state index is 0.0852. The molecule has 0 aromatic rings. The van der Waals surface area contributed by atoms with Crippen LogP contribution in [0, 0.1) is 5.92 Å². The molecule has 0 aromatic carbocycles. The van der Waals surface area contributed by atoms with E-state index >= 15 is 0 Å². The number of ether oxygens (including phenoxy) is 4. The first-order chi connectivity index (χ1) is 41.5. The molecule has 0 fully saturated rings. The number of allylic oxidation sites excluding steroid dienone is 4. The summed E-state index contributed by atoms with van der Waals surface area (Å²) in [5, 5.41) is 10.5. The third-order valence-corrected chi connectivity index (χ3v) is 16.8. The highest BCUT2D eigenvalue weighted by Crippen LogP contribution is 2.45. The first kappa shape index (κ1) is 83.5. The minimum Gasteiger partial charge on any atom is -0.462 e. The summed E-state index contributed by atoms with van der Waals surface area (Å²) < 4.78 is 68.0. The van der Waals surface area contributed by atoms with Crippen LogP contribution in [-0.4, -0.2) is 96.7 Å². The van der Waals surface area contributed by atoms with E-state index in [2.05, 4.69) is 58.9 Å². The number of carbonyl (C=O) groups excluding carboxylic acids is 4. The van der Waals surface area contributed by atoms with Crippen molar-refractivity contribution in [2.45, 2.75) is 335 Å². The number of hydrogen-bond acceptors (Lipinski definition) is 15. The Bertz CT molecular complexity index is 1760. The van der Waals surface area contributed by atoms with Crippen LogP contribution in [0.2, 0.25) is 0 Å². The Morgan fingerprint density at radius 3 is 0.953 bits per heavy atom. The van der Waals surface area contributed by atoms with E-state index in [0.29, 0.717) is 31.6 Å². The van der Waals surface area contributed by atoms with Crippen molar-refractivity contribution in [1.29, 1.82) is 0 Å². The van der Waals surface area contributed by atoms with Crippen molar-refractivity contribution in [2.24, 2.45) is 5.92 Å². The number of phosphoric acid groups is 2. The van der Waals surface area contributed by atoms with Gasteiger partial charge in [-0.3, -0.25) is 37.3 Å². The van der Waals surface area contributed by atoms with Crippen molar-refractivity contribution in [3.8, 4) is 0 Å². The molecular formula is C67H126O17P2. The second-order valence-corrected chi connectivity index (χ2v) is 26.9. The standard InChI is InChI=1S/C67H126O17P2/c1-6-9-12-15-18-21-23-25-26-28-30-33-36-42-47-52-66(71)83-62(56-78-65(70)51-46-41-35-32-29-27-24-22-19-16-13-10-7-2)58-81-85(73,74)79-54-61(68)55-80-86(75,76)82-59-63(84-67(72)53-48-43-38-37-39-44-49-60(4)5)57-77-64(69)50-45-40-34-31-20-17-14-11-8-3/h21,23,25-26,60-63,68H,6-20,22,24,27-59H2,1-5H3,(H,73,74)(H,75,76)/b23-21-,26-25-/t61-,62-,63-/m1/s1. The number of esters is 4. The molecule has 19 heteroatoms. The lowest BCUT2D eigenvalue weighted by Gasteiger charge is -2.21. The third-order valence-electron chi connectivity index (χ3n) is 14.9. The Balaban J connectivity index is 5.26. The van der Waals surface area contributed by atoms with Crippen LogP contribution in [0.5, 0.6) is 0 Å². The van der Waals surface area contributed by atoms with Gasteiger partial charge in [-0.25, -0.2) is 9.13 Å². The van der Waals surface area contributed by atoms with Gasteiger partial charge in [0.2, 0.25) is 0 Å². The quantitative estimate of drug-likeness (QED) is 0.0169. The molecule has 0 aliphatic heterocycles. The summed E-state index contributed by atoms with van der Waals surface area (Å²) in [6.07, 6.45) is 48.1. The zero-order valence-electron chi connectivity index (χ0n) is 54.9. The third kappa shape index (κ3) is 60.5. The van der Waals surface area contributed by atoms with Gasteiger partial charge in [-0.2, -0.15) is 0 Å². The average molecular weight is 1270 g/mol. The first-order valence-electron chi connectivity index (χ1n) is 34.5. The van der Waals surface area contributed by atoms with E-state index in [4.69, 9.17) is 37.0 Å². The van der Waals surface area contributed by atoms with Crippen molar-refractivity contribution < 1.29 is 80.2 Å². The van der Waals surface area contributed by atoms with Gasteiger partial charge >= 0.3 is 39.5 Å². The number of aliphatic hydroxyl groups is 1. The summed E-state index contributed by atoms with van der Waals surface area (Å²) in [6, 6.07) is 0. The Hall–Kier alpha value is -2.46. The zero-order valence-corrected chi connectivity index (χ0v) is 56.7. The lowest BCUT2D eigenvalue weighted by Crippen LogP contribution is -2.30. The van der Waals surface area contributed by atoms with Crippen LogP contribution in [0.15, 0.2) is 24.3 Å². The fraction of sp³-hybridized carbons (Fsp3) is 0.881. The maximum absolute atomic E-state index is 13.0. The number of unbranched alkanes of at least 4 members (excludes halogenated alkanes) is 34. The van der Waals surface area contributed by atoms with Gasteiger partial charge in [0.1, 0.15) is 19.3 Å². The predicted octanol–water partition coefficient (Wildman–Crippen LogP) is 18.5. The van der Waals surface area contributed by atoms with Gasteiger partial charge in [-0.05, 0) is 57.3 Å². The summed E-state index contributed by atoms with van der Waals surface area (Å²) in [5.74, 6) is -1.50. The zero-order chi connectivity index (χ0) is 63.5. The van der Waals surface area contributed by atoms with E-state index in [9.17, 15) is 43.2 Å². The summed E-state index contributed by atoms with van der Waals surface area (Å²) in [5.41, 5.74) is 0. The summed E-state index contributed by atoms with van der Waals surface area (Å²) >= 11 is 0. The maximum atomic E-state index is 13.0. The summed E-state index contributed by atoms with van der Waals surface area (Å²) in [4.78, 5) is 72.3. The molecule has 0 spiro atoms. The number of aliphatic hydroxyl groups excluding tert-OH is 1. The second kappa shape index (κ2) is 60.1. The van der Waals surface area contributed by atoms with E-state index in [1.807, 2.05) is 0 Å². The van der Waals surface area contributed by atoms with Gasteiger partial charge in [0.15, 0.2) is 12.2 Å². The molecule has 0 radical (unpaired) electrons. The molecule has 0 amide bonds. The molecule has 17 nitrogen and oxygen atoms in total. The van der Waals surface area contributed by atoms with Crippen molar-refractivity contribution in [3.05, 3.63) is 24.3 Å². The van der Waals surface area contributed by atoms with Crippen LogP contribution in [0.3, 0.4) is 0 Å². The van der Waals surface area contributed by atoms with E-state index < -0.39 is 97.5 Å². The fourth-order valence-corrected chi connectivity index (χ4v) is 11.2. The minimum atomic E-state index is -4.96. The van der Waals surface area contributed by atoms with Crippen LogP contribution in [0.1, 0.15) is 317 Å². The normalized spacial score (nSPS) is 14.3. The summed E-state index contributed by atoms with van der Waals surface area (Å²) in [7, 11) is -9.90. The van der Waals surface area contributed by atoms with E-state index in [1.54, 1.807) is 0 Å². The molecule has 3 N–H and O–H groups in total. The van der Waals surface area contributed by atoms with E-state index in [0.717, 1.165) is 103 Å². The Morgan fingerprint density at radius 2 is 0.628 bits per heavy atom. The van der Waals surface area contributed by atoms with Crippen molar-refractivity contribution in [2.75, 3.05) is 39.6 Å². The van der Waals surface area contributed by atoms with Crippen LogP contribution in [0.4, 0.5) is 0 Å². The molecule has 0 saturated heterocycles. The lowest BCUT2D eigenvalue weighted by atomic mass is 10.0. The SMILES string of the molecule is CCCCCC/C=C\C=C/CCCCCCCC(=O)O[C@H](COC(=O)CCCCCCCCCCCCCCC)COP(=O)(O)OC[C@@H](O)COP(=O)(O)OC[C@@H](COC(=O)CCCCCCCCCCC)OC(=O)CCCCCCCCC(C)C. The topological polar surface area (TPSA) is 237 Å². The van der Waals surface area contributed by atoms with Gasteiger partial charge in [0, 0.05) is 25.7 Å². The van der Waals surface area contributed by atoms with Crippen LogP contribution in [0.25, 0.3) is 0 Å². The fourth-order valence-electron chi connectivity index (χ4n) is 9.57. The van der Waals surface area contributed by atoms with Crippen molar-refractivity contribution >= 4 is 39.5 Å². The smallest absolute Gasteiger partial charge is 0.462 e. The predicted molar refractivity (Wildman–Crippen MR) is 344 cm³/mol. The molecule has 0 aliphatic rings. The molecule has 0 aliphatic carbocycles. The van der Waals surface area contributed by atoms with Crippen LogP contribution < -0.4 is 0 Å². The molecule has 86 heavy (non-hydrogen) atoms. The highest BCUT2D eigenvalue weighted by atomic mass is 31.2. The van der Waals surface area contributed by atoms with Crippen LogP contribution >= 0.6 is 15.6 Å². The van der Waals surface area contributed by atoms with E-state index in [1.165, 1.54) is 128 Å².